The molecule has 5 nitrogen and oxygen atoms in total. The molecule has 0 unspecified atom stereocenters. The molecule has 0 aliphatic rings. The van der Waals surface area contributed by atoms with Gasteiger partial charge >= 0.3 is 0 Å². The highest BCUT2D eigenvalue weighted by molar-refractivity contribution is 7.80. The van der Waals surface area contributed by atoms with Crippen molar-refractivity contribution in [3.8, 4) is 16.9 Å². The van der Waals surface area contributed by atoms with E-state index in [0.717, 1.165) is 42.0 Å². The Labute approximate surface area is 176 Å². The van der Waals surface area contributed by atoms with E-state index in [-0.39, 0.29) is 5.82 Å². The van der Waals surface area contributed by atoms with Crippen LogP contribution in [0.5, 0.6) is 0 Å². The molecule has 0 bridgehead atoms. The summed E-state index contributed by atoms with van der Waals surface area (Å²) in [4.78, 5) is 2.14. The number of benzene rings is 2. The van der Waals surface area contributed by atoms with Crippen LogP contribution in [-0.4, -0.2) is 47.0 Å². The molecule has 2 aromatic carbocycles. The Kier molecular flexibility index (Phi) is 7.32. The van der Waals surface area contributed by atoms with E-state index < -0.39 is 0 Å². The number of halogens is 1. The number of thiocarbonyl (C=S) groups is 1. The minimum atomic E-state index is -0.265. The summed E-state index contributed by atoms with van der Waals surface area (Å²) >= 11 is 5.40. The van der Waals surface area contributed by atoms with Crippen molar-refractivity contribution in [2.45, 2.75) is 13.0 Å². The van der Waals surface area contributed by atoms with E-state index in [1.165, 1.54) is 12.1 Å². The van der Waals surface area contributed by atoms with Crippen LogP contribution in [0.2, 0.25) is 0 Å². The van der Waals surface area contributed by atoms with Crippen molar-refractivity contribution in [3.63, 3.8) is 0 Å². The zero-order chi connectivity index (χ0) is 20.6. The lowest BCUT2D eigenvalue weighted by Crippen LogP contribution is -2.36. The Morgan fingerprint density at radius 2 is 1.79 bits per heavy atom. The first-order valence-electron chi connectivity index (χ1n) is 9.59. The highest BCUT2D eigenvalue weighted by Crippen LogP contribution is 2.24. The Morgan fingerprint density at radius 1 is 1.07 bits per heavy atom. The first-order valence-corrected chi connectivity index (χ1v) is 10.00. The molecule has 0 amide bonds. The van der Waals surface area contributed by atoms with Gasteiger partial charge in [-0.15, -0.1) is 0 Å². The van der Waals surface area contributed by atoms with Crippen LogP contribution in [0.25, 0.3) is 16.9 Å². The van der Waals surface area contributed by atoms with Crippen LogP contribution in [0.4, 0.5) is 4.39 Å². The van der Waals surface area contributed by atoms with Gasteiger partial charge in [0.1, 0.15) is 5.82 Å². The van der Waals surface area contributed by atoms with E-state index in [0.29, 0.717) is 11.7 Å². The van der Waals surface area contributed by atoms with Gasteiger partial charge in [0.05, 0.1) is 11.4 Å². The maximum Gasteiger partial charge on any atom is 0.166 e. The van der Waals surface area contributed by atoms with E-state index in [1.54, 1.807) is 12.1 Å². The molecule has 7 heteroatoms. The van der Waals surface area contributed by atoms with Gasteiger partial charge in [-0.2, -0.15) is 5.10 Å². The number of hydrogen-bond donors (Lipinski definition) is 2. The van der Waals surface area contributed by atoms with E-state index in [1.807, 2.05) is 41.2 Å². The first kappa shape index (κ1) is 21.0. The summed E-state index contributed by atoms with van der Waals surface area (Å²) in [6.07, 6.45) is 3.00. The van der Waals surface area contributed by atoms with Gasteiger partial charge in [0.15, 0.2) is 5.11 Å². The summed E-state index contributed by atoms with van der Waals surface area (Å²) in [5.74, 6) is -0.265. The van der Waals surface area contributed by atoms with Crippen LogP contribution < -0.4 is 10.6 Å². The molecule has 0 aliphatic carbocycles. The average Bonchev–Trinajstić information content (AvgIpc) is 3.15. The zero-order valence-electron chi connectivity index (χ0n) is 16.7. The van der Waals surface area contributed by atoms with Gasteiger partial charge in [-0.1, -0.05) is 18.2 Å². The Bertz CT molecular complexity index is 922. The normalized spacial score (nSPS) is 10.9. The molecular weight excluding hydrogens is 385 g/mol. The molecule has 3 aromatic rings. The summed E-state index contributed by atoms with van der Waals surface area (Å²) in [7, 11) is 4.11. The maximum absolute atomic E-state index is 13.4. The summed E-state index contributed by atoms with van der Waals surface area (Å²) < 4.78 is 15.2. The van der Waals surface area contributed by atoms with Crippen LogP contribution >= 0.6 is 12.2 Å². The van der Waals surface area contributed by atoms with Gasteiger partial charge in [-0.25, -0.2) is 9.07 Å². The molecule has 0 spiro atoms. The van der Waals surface area contributed by atoms with Crippen LogP contribution in [0.3, 0.4) is 0 Å². The zero-order valence-corrected chi connectivity index (χ0v) is 17.5. The molecule has 1 aromatic heterocycles. The summed E-state index contributed by atoms with van der Waals surface area (Å²) in [5, 5.41) is 11.8. The first-order chi connectivity index (χ1) is 14.0. The Hall–Kier alpha value is -2.77. The number of hydrogen-bond acceptors (Lipinski definition) is 3. The fraction of sp³-hybridized carbons (Fsp3) is 0.273. The van der Waals surface area contributed by atoms with E-state index in [9.17, 15) is 4.39 Å². The predicted molar refractivity (Wildman–Crippen MR) is 120 cm³/mol. The van der Waals surface area contributed by atoms with Crippen molar-refractivity contribution in [2.75, 3.05) is 27.2 Å². The van der Waals surface area contributed by atoms with Crippen molar-refractivity contribution >= 4 is 17.3 Å². The smallest absolute Gasteiger partial charge is 0.166 e. The standard InChI is InChI=1S/C22H26FN5S/c1-27(2)14-6-13-24-22(29)25-15-18-16-28(20-7-4-3-5-8-20)26-21(18)17-9-11-19(23)12-10-17/h3-5,7-12,16H,6,13-15H2,1-2H3,(H2,24,25,29). The van der Waals surface area contributed by atoms with Crippen LogP contribution in [-0.2, 0) is 6.54 Å². The second kappa shape index (κ2) is 10.1. The van der Waals surface area contributed by atoms with E-state index >= 15 is 0 Å². The molecule has 152 valence electrons. The fourth-order valence-corrected chi connectivity index (χ4v) is 3.11. The summed E-state index contributed by atoms with van der Waals surface area (Å²) in [6.45, 7) is 2.35. The van der Waals surface area contributed by atoms with Gasteiger partial charge in [0.25, 0.3) is 0 Å². The third kappa shape index (κ3) is 6.10. The van der Waals surface area contributed by atoms with Crippen LogP contribution in [0.15, 0.2) is 60.8 Å². The van der Waals surface area contributed by atoms with Crippen molar-refractivity contribution in [2.24, 2.45) is 0 Å². The average molecular weight is 412 g/mol. The molecule has 0 aliphatic heterocycles. The third-order valence-corrected chi connectivity index (χ3v) is 4.72. The molecule has 0 saturated heterocycles. The highest BCUT2D eigenvalue weighted by atomic mass is 32.1. The molecule has 2 N–H and O–H groups in total. The summed E-state index contributed by atoms with van der Waals surface area (Å²) in [6, 6.07) is 16.3. The van der Waals surface area contributed by atoms with Gasteiger partial charge in [0, 0.05) is 30.4 Å². The topological polar surface area (TPSA) is 45.1 Å². The van der Waals surface area contributed by atoms with Crippen molar-refractivity contribution in [1.82, 2.24) is 25.3 Å². The van der Waals surface area contributed by atoms with Crippen molar-refractivity contribution in [3.05, 3.63) is 72.2 Å². The molecule has 1 heterocycles. The number of para-hydroxylation sites is 1. The maximum atomic E-state index is 13.4. The van der Waals surface area contributed by atoms with Crippen LogP contribution in [0, 0.1) is 5.82 Å². The second-order valence-corrected chi connectivity index (χ2v) is 7.46. The minimum absolute atomic E-state index is 0.265. The van der Waals surface area contributed by atoms with Crippen LogP contribution in [0.1, 0.15) is 12.0 Å². The Morgan fingerprint density at radius 3 is 2.48 bits per heavy atom. The highest BCUT2D eigenvalue weighted by Gasteiger charge is 2.13. The monoisotopic (exact) mass is 411 g/mol. The van der Waals surface area contributed by atoms with E-state index in [4.69, 9.17) is 17.3 Å². The Balaban J connectivity index is 1.73. The molecule has 0 saturated carbocycles. The number of aromatic nitrogens is 2. The molecular formula is C22H26FN5S. The predicted octanol–water partition coefficient (Wildman–Crippen LogP) is 3.59. The molecule has 0 radical (unpaired) electrons. The molecule has 29 heavy (non-hydrogen) atoms. The number of nitrogens with one attached hydrogen (secondary N) is 2. The lowest BCUT2D eigenvalue weighted by molar-refractivity contribution is 0.400. The molecule has 0 atom stereocenters. The number of rotatable bonds is 8. The summed E-state index contributed by atoms with van der Waals surface area (Å²) in [5.41, 5.74) is 3.61. The van der Waals surface area contributed by atoms with Crippen molar-refractivity contribution < 1.29 is 4.39 Å². The van der Waals surface area contributed by atoms with Gasteiger partial charge in [-0.3, -0.25) is 0 Å². The van der Waals surface area contributed by atoms with E-state index in [2.05, 4.69) is 29.6 Å². The van der Waals surface area contributed by atoms with Crippen molar-refractivity contribution in [1.29, 1.82) is 0 Å². The number of nitrogens with zero attached hydrogens (tertiary/aromatic N) is 3. The molecule has 0 fully saturated rings. The third-order valence-electron chi connectivity index (χ3n) is 4.44. The van der Waals surface area contributed by atoms with Gasteiger partial charge in [-0.05, 0) is 75.7 Å². The fourth-order valence-electron chi connectivity index (χ4n) is 2.94. The minimum Gasteiger partial charge on any atom is -0.363 e. The largest absolute Gasteiger partial charge is 0.363 e. The SMILES string of the molecule is CN(C)CCCNC(=S)NCc1cn(-c2ccccc2)nc1-c1ccc(F)cc1. The second-order valence-electron chi connectivity index (χ2n) is 7.06. The van der Waals surface area contributed by atoms with Gasteiger partial charge < -0.3 is 15.5 Å². The lowest BCUT2D eigenvalue weighted by Gasteiger charge is -2.12. The lowest BCUT2D eigenvalue weighted by atomic mass is 10.1. The molecule has 3 rings (SSSR count). The quantitative estimate of drug-likeness (QED) is 0.438. The van der Waals surface area contributed by atoms with Gasteiger partial charge in [0.2, 0.25) is 0 Å².